The summed E-state index contributed by atoms with van der Waals surface area (Å²) in [6.07, 6.45) is 2.22. The van der Waals surface area contributed by atoms with E-state index in [4.69, 9.17) is 21.3 Å². The lowest BCUT2D eigenvalue weighted by atomic mass is 10.1. The van der Waals surface area contributed by atoms with Gasteiger partial charge in [-0.25, -0.2) is 4.98 Å². The second-order valence-corrected chi connectivity index (χ2v) is 8.77. The molecule has 3 aromatic rings. The monoisotopic (exact) mass is 441 g/mol. The van der Waals surface area contributed by atoms with Crippen molar-refractivity contribution in [1.82, 2.24) is 15.3 Å². The molecule has 156 valence electrons. The van der Waals surface area contributed by atoms with E-state index >= 15 is 0 Å². The highest BCUT2D eigenvalue weighted by Gasteiger charge is 2.18. The standard InChI is InChI=1S/C23H24ClN3O2S/c1-15-4-6-16(7-5-15)21-23(27-22(26-21)17-8-10-18(24)11-9-17)30-14-20(28)25-13-19-3-2-12-29-19/h4-11,19H,2-3,12-14H2,1H3,(H,25,28)(H,26,27)/t19-/m0/s1. The molecule has 1 fully saturated rings. The minimum atomic E-state index is -0.0126. The van der Waals surface area contributed by atoms with Gasteiger partial charge in [0.25, 0.3) is 0 Å². The van der Waals surface area contributed by atoms with Gasteiger partial charge in [-0.15, -0.1) is 0 Å². The van der Waals surface area contributed by atoms with Gasteiger partial charge in [0.15, 0.2) is 0 Å². The van der Waals surface area contributed by atoms with Crippen LogP contribution < -0.4 is 5.32 Å². The fourth-order valence-corrected chi connectivity index (χ4v) is 4.30. The van der Waals surface area contributed by atoms with Crippen molar-refractivity contribution in [2.75, 3.05) is 18.9 Å². The van der Waals surface area contributed by atoms with Gasteiger partial charge in [0, 0.05) is 29.3 Å². The Morgan fingerprint density at radius 1 is 1.20 bits per heavy atom. The first-order chi connectivity index (χ1) is 14.6. The van der Waals surface area contributed by atoms with Gasteiger partial charge in [-0.3, -0.25) is 4.79 Å². The van der Waals surface area contributed by atoms with Crippen molar-refractivity contribution in [3.8, 4) is 22.6 Å². The zero-order chi connectivity index (χ0) is 20.9. The minimum absolute atomic E-state index is 0.0126. The maximum absolute atomic E-state index is 12.3. The Kier molecular flexibility index (Phi) is 6.77. The first-order valence-corrected chi connectivity index (χ1v) is 11.4. The lowest BCUT2D eigenvalue weighted by Crippen LogP contribution is -2.32. The summed E-state index contributed by atoms with van der Waals surface area (Å²) in [6.45, 7) is 3.42. The van der Waals surface area contributed by atoms with Crippen LogP contribution in [0.3, 0.4) is 0 Å². The summed E-state index contributed by atoms with van der Waals surface area (Å²) < 4.78 is 5.57. The van der Waals surface area contributed by atoms with Gasteiger partial charge < -0.3 is 15.0 Å². The summed E-state index contributed by atoms with van der Waals surface area (Å²) in [5.41, 5.74) is 4.09. The van der Waals surface area contributed by atoms with E-state index in [0.29, 0.717) is 17.3 Å². The van der Waals surface area contributed by atoms with E-state index in [-0.39, 0.29) is 12.0 Å². The number of nitrogens with one attached hydrogen (secondary N) is 2. The molecule has 0 aliphatic carbocycles. The topological polar surface area (TPSA) is 67.0 Å². The average molecular weight is 442 g/mol. The number of benzene rings is 2. The second kappa shape index (κ2) is 9.69. The van der Waals surface area contributed by atoms with Gasteiger partial charge in [0.05, 0.1) is 17.6 Å². The van der Waals surface area contributed by atoms with Crippen LogP contribution in [0.25, 0.3) is 22.6 Å². The normalized spacial score (nSPS) is 16.0. The Morgan fingerprint density at radius 3 is 2.63 bits per heavy atom. The van der Waals surface area contributed by atoms with E-state index in [1.165, 1.54) is 17.3 Å². The number of hydrogen-bond acceptors (Lipinski definition) is 4. The van der Waals surface area contributed by atoms with E-state index in [9.17, 15) is 4.79 Å². The third-order valence-electron chi connectivity index (χ3n) is 5.02. The quantitative estimate of drug-likeness (QED) is 0.501. The number of thioether (sulfide) groups is 1. The zero-order valence-corrected chi connectivity index (χ0v) is 18.4. The van der Waals surface area contributed by atoms with Crippen LogP contribution in [0.2, 0.25) is 5.02 Å². The van der Waals surface area contributed by atoms with Crippen LogP contribution in [-0.4, -0.2) is 40.9 Å². The molecule has 1 aromatic heterocycles. The number of hydrogen-bond donors (Lipinski definition) is 2. The van der Waals surface area contributed by atoms with E-state index in [1.54, 1.807) is 0 Å². The number of aryl methyl sites for hydroxylation is 1. The maximum Gasteiger partial charge on any atom is 0.230 e. The Bertz CT molecular complexity index is 996. The molecule has 1 atom stereocenters. The molecule has 1 aliphatic rings. The number of imidazole rings is 1. The molecule has 30 heavy (non-hydrogen) atoms. The van der Waals surface area contributed by atoms with Crippen LogP contribution in [0, 0.1) is 6.92 Å². The highest BCUT2D eigenvalue weighted by molar-refractivity contribution is 8.00. The van der Waals surface area contributed by atoms with Gasteiger partial charge >= 0.3 is 0 Å². The lowest BCUT2D eigenvalue weighted by Gasteiger charge is -2.10. The van der Waals surface area contributed by atoms with Crippen molar-refractivity contribution >= 4 is 29.3 Å². The molecular formula is C23H24ClN3O2S. The molecule has 1 saturated heterocycles. The molecule has 0 unspecified atom stereocenters. The molecule has 4 rings (SSSR count). The number of nitrogens with zero attached hydrogens (tertiary/aromatic N) is 1. The van der Waals surface area contributed by atoms with Crippen LogP contribution >= 0.6 is 23.4 Å². The summed E-state index contributed by atoms with van der Waals surface area (Å²) in [4.78, 5) is 20.5. The van der Waals surface area contributed by atoms with E-state index in [2.05, 4.69) is 41.5 Å². The van der Waals surface area contributed by atoms with Crippen molar-refractivity contribution in [2.24, 2.45) is 0 Å². The molecule has 0 spiro atoms. The Labute approximate surface area is 185 Å². The van der Waals surface area contributed by atoms with Crippen molar-refractivity contribution in [3.05, 3.63) is 59.1 Å². The second-order valence-electron chi connectivity index (χ2n) is 7.37. The number of halogens is 1. The molecular weight excluding hydrogens is 418 g/mol. The van der Waals surface area contributed by atoms with Gasteiger partial charge in [0.1, 0.15) is 10.9 Å². The van der Waals surface area contributed by atoms with Gasteiger partial charge in [-0.2, -0.15) is 0 Å². The third-order valence-corrected chi connectivity index (χ3v) is 6.25. The number of amides is 1. The maximum atomic E-state index is 12.3. The van der Waals surface area contributed by atoms with Crippen LogP contribution in [0.5, 0.6) is 0 Å². The lowest BCUT2D eigenvalue weighted by molar-refractivity contribution is -0.119. The van der Waals surface area contributed by atoms with E-state index in [1.807, 2.05) is 24.3 Å². The number of ether oxygens (including phenoxy) is 1. The SMILES string of the molecule is Cc1ccc(-c2[nH]c(-c3ccc(Cl)cc3)nc2SCC(=O)NC[C@@H]2CCCO2)cc1. The number of aromatic nitrogens is 2. The van der Waals surface area contributed by atoms with Crippen molar-refractivity contribution in [1.29, 1.82) is 0 Å². The summed E-state index contributed by atoms with van der Waals surface area (Å²) in [7, 11) is 0. The molecule has 7 heteroatoms. The molecule has 2 heterocycles. The summed E-state index contributed by atoms with van der Waals surface area (Å²) >= 11 is 7.45. The predicted molar refractivity (Wildman–Crippen MR) is 122 cm³/mol. The number of carbonyl (C=O) groups excluding carboxylic acids is 1. The molecule has 2 N–H and O–H groups in total. The summed E-state index contributed by atoms with van der Waals surface area (Å²) in [5, 5.41) is 4.45. The third kappa shape index (κ3) is 5.25. The van der Waals surface area contributed by atoms with Crippen LogP contribution in [0.15, 0.2) is 53.6 Å². The molecule has 1 aliphatic heterocycles. The number of carbonyl (C=O) groups is 1. The van der Waals surface area contributed by atoms with Crippen LogP contribution in [-0.2, 0) is 9.53 Å². The highest BCUT2D eigenvalue weighted by atomic mass is 35.5. The first kappa shape index (κ1) is 21.0. The van der Waals surface area contributed by atoms with Crippen molar-refractivity contribution in [2.45, 2.75) is 30.9 Å². The Hall–Kier alpha value is -2.28. The number of H-pyrrole nitrogens is 1. The summed E-state index contributed by atoms with van der Waals surface area (Å²) in [6, 6.07) is 15.8. The molecule has 5 nitrogen and oxygen atoms in total. The van der Waals surface area contributed by atoms with Crippen LogP contribution in [0.1, 0.15) is 18.4 Å². The highest BCUT2D eigenvalue weighted by Crippen LogP contribution is 2.33. The number of rotatable bonds is 7. The Morgan fingerprint density at radius 2 is 1.93 bits per heavy atom. The first-order valence-electron chi connectivity index (χ1n) is 10.0. The largest absolute Gasteiger partial charge is 0.376 e. The molecule has 0 radical (unpaired) electrons. The van der Waals surface area contributed by atoms with Crippen molar-refractivity contribution in [3.63, 3.8) is 0 Å². The van der Waals surface area contributed by atoms with E-state index < -0.39 is 0 Å². The minimum Gasteiger partial charge on any atom is -0.376 e. The molecule has 2 aromatic carbocycles. The van der Waals surface area contributed by atoms with Gasteiger partial charge in [-0.1, -0.05) is 53.2 Å². The van der Waals surface area contributed by atoms with Gasteiger partial charge in [-0.05, 0) is 44.0 Å². The van der Waals surface area contributed by atoms with Gasteiger partial charge in [0.2, 0.25) is 5.91 Å². The van der Waals surface area contributed by atoms with Crippen LogP contribution in [0.4, 0.5) is 0 Å². The zero-order valence-electron chi connectivity index (χ0n) is 16.8. The summed E-state index contributed by atoms with van der Waals surface area (Å²) in [5.74, 6) is 1.04. The fourth-order valence-electron chi connectivity index (χ4n) is 3.34. The molecule has 1 amide bonds. The fraction of sp³-hybridized carbons (Fsp3) is 0.304. The average Bonchev–Trinajstić information content (AvgIpc) is 3.42. The number of aromatic amines is 1. The van der Waals surface area contributed by atoms with Crippen molar-refractivity contribution < 1.29 is 9.53 Å². The smallest absolute Gasteiger partial charge is 0.230 e. The van der Waals surface area contributed by atoms with E-state index in [0.717, 1.165) is 47.1 Å². The molecule has 0 saturated carbocycles. The molecule has 0 bridgehead atoms. The predicted octanol–water partition coefficient (Wildman–Crippen LogP) is 5.09. The Balaban J connectivity index is 1.51.